The van der Waals surface area contributed by atoms with Crippen LogP contribution in [-0.4, -0.2) is 100 Å². The van der Waals surface area contributed by atoms with Crippen LogP contribution in [0.25, 0.3) is 0 Å². The van der Waals surface area contributed by atoms with Crippen LogP contribution < -0.4 is 0 Å². The van der Waals surface area contributed by atoms with Crippen LogP contribution in [0.5, 0.6) is 0 Å². The molecule has 1 aliphatic rings. The van der Waals surface area contributed by atoms with Crippen molar-refractivity contribution in [1.29, 1.82) is 0 Å². The molecule has 0 aromatic rings. The molecule has 1 heterocycles. The van der Waals surface area contributed by atoms with Gasteiger partial charge < -0.3 is 14.7 Å². The van der Waals surface area contributed by atoms with Gasteiger partial charge in [-0.3, -0.25) is 4.90 Å². The van der Waals surface area contributed by atoms with Crippen LogP contribution in [0.15, 0.2) is 0 Å². The molecule has 0 aliphatic carbocycles. The molecule has 1 aliphatic heterocycles. The summed E-state index contributed by atoms with van der Waals surface area (Å²) in [5.74, 6) is 0. The van der Waals surface area contributed by atoms with E-state index in [9.17, 15) is 0 Å². The minimum absolute atomic E-state index is 1.16. The molecule has 0 N–H and O–H groups in total. The summed E-state index contributed by atoms with van der Waals surface area (Å²) in [5.41, 5.74) is 0. The highest BCUT2D eigenvalue weighted by Gasteiger charge is 2.11. The number of hydrogen-bond acceptors (Lipinski definition) is 4. The molecule has 4 nitrogen and oxygen atoms in total. The first-order valence-electron chi connectivity index (χ1n) is 6.32. The third-order valence-corrected chi connectivity index (χ3v) is 3.32. The lowest BCUT2D eigenvalue weighted by Gasteiger charge is -2.25. The van der Waals surface area contributed by atoms with E-state index in [0.717, 1.165) is 6.54 Å². The lowest BCUT2D eigenvalue weighted by molar-refractivity contribution is 0.214. The Morgan fingerprint density at radius 1 is 0.812 bits per heavy atom. The monoisotopic (exact) mass is 228 g/mol. The van der Waals surface area contributed by atoms with E-state index in [0.29, 0.717) is 0 Å². The van der Waals surface area contributed by atoms with E-state index in [2.05, 4.69) is 47.8 Å². The summed E-state index contributed by atoms with van der Waals surface area (Å²) in [7, 11) is 8.75. The van der Waals surface area contributed by atoms with Crippen LogP contribution in [-0.2, 0) is 0 Å². The van der Waals surface area contributed by atoms with Crippen molar-refractivity contribution in [3.05, 3.63) is 0 Å². The van der Waals surface area contributed by atoms with Gasteiger partial charge >= 0.3 is 0 Å². The van der Waals surface area contributed by atoms with Crippen molar-refractivity contribution < 1.29 is 0 Å². The van der Waals surface area contributed by atoms with Gasteiger partial charge in [0.2, 0.25) is 0 Å². The van der Waals surface area contributed by atoms with Crippen LogP contribution in [0.3, 0.4) is 0 Å². The van der Waals surface area contributed by atoms with Crippen molar-refractivity contribution in [2.45, 2.75) is 0 Å². The van der Waals surface area contributed by atoms with Gasteiger partial charge in [0.05, 0.1) is 0 Å². The Morgan fingerprint density at radius 3 is 1.69 bits per heavy atom. The number of rotatable bonds is 3. The fraction of sp³-hybridized carbons (Fsp3) is 1.00. The molecule has 0 atom stereocenters. The molecule has 0 spiro atoms. The summed E-state index contributed by atoms with van der Waals surface area (Å²) in [4.78, 5) is 9.72. The van der Waals surface area contributed by atoms with Crippen molar-refractivity contribution in [3.8, 4) is 0 Å². The average molecular weight is 228 g/mol. The first kappa shape index (κ1) is 13.9. The molecule has 0 aromatic carbocycles. The summed E-state index contributed by atoms with van der Waals surface area (Å²) in [5, 5.41) is 0. The summed E-state index contributed by atoms with van der Waals surface area (Å²) in [6.45, 7) is 9.54. The van der Waals surface area contributed by atoms with Gasteiger partial charge in [-0.15, -0.1) is 0 Å². The molecule has 4 heteroatoms. The maximum absolute atomic E-state index is 2.58. The summed E-state index contributed by atoms with van der Waals surface area (Å²) in [6.07, 6.45) is 0. The van der Waals surface area contributed by atoms with Gasteiger partial charge in [-0.1, -0.05) is 0 Å². The molecular weight excluding hydrogens is 200 g/mol. The fourth-order valence-electron chi connectivity index (χ4n) is 1.87. The van der Waals surface area contributed by atoms with Crippen molar-refractivity contribution in [1.82, 2.24) is 19.6 Å². The molecule has 0 unspecified atom stereocenters. The summed E-state index contributed by atoms with van der Waals surface area (Å²) < 4.78 is 0. The summed E-state index contributed by atoms with van der Waals surface area (Å²) >= 11 is 0. The number of nitrogens with zero attached hydrogens (tertiary/aromatic N) is 4. The highest BCUT2D eigenvalue weighted by molar-refractivity contribution is 4.68. The zero-order chi connectivity index (χ0) is 12.0. The topological polar surface area (TPSA) is 13.0 Å². The highest BCUT2D eigenvalue weighted by atomic mass is 15.3. The van der Waals surface area contributed by atoms with E-state index in [1.165, 1.54) is 45.8 Å². The molecule has 0 radical (unpaired) electrons. The van der Waals surface area contributed by atoms with E-state index >= 15 is 0 Å². The van der Waals surface area contributed by atoms with Crippen molar-refractivity contribution >= 4 is 0 Å². The minimum Gasteiger partial charge on any atom is -0.308 e. The quantitative estimate of drug-likeness (QED) is 0.659. The summed E-state index contributed by atoms with van der Waals surface area (Å²) in [6, 6.07) is 0. The molecule has 0 saturated carbocycles. The van der Waals surface area contributed by atoms with E-state index in [4.69, 9.17) is 0 Å². The Bertz CT molecular complexity index is 170. The normalized spacial score (nSPS) is 23.1. The predicted octanol–water partition coefficient (Wildman–Crippen LogP) is -0.273. The van der Waals surface area contributed by atoms with Gasteiger partial charge in [-0.25, -0.2) is 0 Å². The van der Waals surface area contributed by atoms with Gasteiger partial charge in [-0.2, -0.15) is 0 Å². The van der Waals surface area contributed by atoms with E-state index in [-0.39, 0.29) is 0 Å². The zero-order valence-corrected chi connectivity index (χ0v) is 11.4. The molecule has 0 bridgehead atoms. The molecule has 1 saturated heterocycles. The van der Waals surface area contributed by atoms with Gasteiger partial charge in [0, 0.05) is 52.4 Å². The fourth-order valence-corrected chi connectivity index (χ4v) is 1.87. The standard InChI is InChI=1S/C12H28N4/c1-13(2)5-10-16-11-8-14(3)6-7-15(4)9-12-16/h5-12H2,1-4H3. The van der Waals surface area contributed by atoms with E-state index < -0.39 is 0 Å². The van der Waals surface area contributed by atoms with E-state index in [1.54, 1.807) is 0 Å². The third kappa shape index (κ3) is 5.80. The molecular formula is C12H28N4. The van der Waals surface area contributed by atoms with Gasteiger partial charge in [0.25, 0.3) is 0 Å². The Balaban J connectivity index is 2.36. The maximum atomic E-state index is 2.58. The Kier molecular flexibility index (Phi) is 6.28. The molecule has 0 amide bonds. The maximum Gasteiger partial charge on any atom is 0.0110 e. The van der Waals surface area contributed by atoms with Crippen LogP contribution in [0.1, 0.15) is 0 Å². The van der Waals surface area contributed by atoms with Gasteiger partial charge in [-0.05, 0) is 28.2 Å². The van der Waals surface area contributed by atoms with Crippen molar-refractivity contribution in [2.24, 2.45) is 0 Å². The largest absolute Gasteiger partial charge is 0.308 e. The van der Waals surface area contributed by atoms with Crippen molar-refractivity contribution in [2.75, 3.05) is 80.5 Å². The number of likely N-dealkylation sites (N-methyl/N-ethyl adjacent to an activating group) is 3. The Morgan fingerprint density at radius 2 is 1.25 bits per heavy atom. The highest BCUT2D eigenvalue weighted by Crippen LogP contribution is 1.97. The average Bonchev–Trinajstić information content (AvgIpc) is 2.30. The van der Waals surface area contributed by atoms with Crippen molar-refractivity contribution in [3.63, 3.8) is 0 Å². The Labute approximate surface area is 101 Å². The molecule has 96 valence electrons. The lowest BCUT2D eigenvalue weighted by Crippen LogP contribution is -2.38. The molecule has 16 heavy (non-hydrogen) atoms. The van der Waals surface area contributed by atoms with Gasteiger partial charge in [0.1, 0.15) is 0 Å². The first-order valence-corrected chi connectivity index (χ1v) is 6.32. The molecule has 0 aromatic heterocycles. The third-order valence-electron chi connectivity index (χ3n) is 3.32. The minimum atomic E-state index is 1.16. The Hall–Kier alpha value is -0.160. The second-order valence-electron chi connectivity index (χ2n) is 5.25. The zero-order valence-electron chi connectivity index (χ0n) is 11.4. The first-order chi connectivity index (χ1) is 7.58. The van der Waals surface area contributed by atoms with Crippen LogP contribution >= 0.6 is 0 Å². The number of hydrogen-bond donors (Lipinski definition) is 0. The second kappa shape index (κ2) is 7.22. The molecule has 1 fully saturated rings. The lowest BCUT2D eigenvalue weighted by atomic mass is 10.4. The second-order valence-corrected chi connectivity index (χ2v) is 5.25. The van der Waals surface area contributed by atoms with Gasteiger partial charge in [0.15, 0.2) is 0 Å². The van der Waals surface area contributed by atoms with Crippen LogP contribution in [0, 0.1) is 0 Å². The molecule has 1 rings (SSSR count). The van der Waals surface area contributed by atoms with Crippen LogP contribution in [0.4, 0.5) is 0 Å². The van der Waals surface area contributed by atoms with Crippen LogP contribution in [0.2, 0.25) is 0 Å². The van der Waals surface area contributed by atoms with E-state index in [1.807, 2.05) is 0 Å². The SMILES string of the molecule is CN(C)CCN1CCN(C)CCN(C)CC1. The predicted molar refractivity (Wildman–Crippen MR) is 70.0 cm³/mol. The smallest absolute Gasteiger partial charge is 0.0110 e.